The third kappa shape index (κ3) is 9.47. The summed E-state index contributed by atoms with van der Waals surface area (Å²) in [5, 5.41) is 21.0. The summed E-state index contributed by atoms with van der Waals surface area (Å²) < 4.78 is 13.1. The van der Waals surface area contributed by atoms with Gasteiger partial charge in [0.05, 0.1) is 18.8 Å². The number of aliphatic hydroxyl groups is 1. The van der Waals surface area contributed by atoms with E-state index in [1.54, 1.807) is 5.48 Å². The van der Waals surface area contributed by atoms with Crippen LogP contribution >= 0.6 is 0 Å². The summed E-state index contributed by atoms with van der Waals surface area (Å²) in [6, 6.07) is 16.1. The second kappa shape index (κ2) is 16.5. The first kappa shape index (κ1) is 31.8. The minimum Gasteiger partial charge on any atom is -0.392 e. The molecule has 0 bridgehead atoms. The molecular weight excluding hydrogens is 534 g/mol. The maximum absolute atomic E-state index is 12.4. The molecule has 4 rings (SSSR count). The van der Waals surface area contributed by atoms with Gasteiger partial charge in [0, 0.05) is 49.6 Å². The summed E-state index contributed by atoms with van der Waals surface area (Å²) in [6.45, 7) is 5.63. The molecule has 1 saturated carbocycles. The van der Waals surface area contributed by atoms with E-state index < -0.39 is 12.2 Å². The third-order valence-corrected chi connectivity index (χ3v) is 8.16. The van der Waals surface area contributed by atoms with Crippen LogP contribution in [0.5, 0.6) is 0 Å². The van der Waals surface area contributed by atoms with E-state index in [-0.39, 0.29) is 31.1 Å². The molecule has 0 unspecified atom stereocenters. The number of carbonyl (C=O) groups excluding carboxylic acids is 2. The SMILES string of the molecule is C=CCN(C[C@H]1C[C@@H](c2ccc(CO)cc2)O[C@@H](c2ccc(NC(=O)CCCCCC(=O)NO)cc2)O1)C1CCCC1. The van der Waals surface area contributed by atoms with Gasteiger partial charge in [-0.3, -0.25) is 19.7 Å². The number of benzene rings is 2. The Labute approximate surface area is 248 Å². The molecule has 2 amide bonds. The highest BCUT2D eigenvalue weighted by Crippen LogP contribution is 2.39. The number of hydrogen-bond donors (Lipinski definition) is 4. The van der Waals surface area contributed by atoms with E-state index >= 15 is 0 Å². The van der Waals surface area contributed by atoms with Gasteiger partial charge in [-0.05, 0) is 48.9 Å². The zero-order valence-electron chi connectivity index (χ0n) is 24.4. The van der Waals surface area contributed by atoms with Crippen LogP contribution < -0.4 is 10.8 Å². The van der Waals surface area contributed by atoms with Crippen molar-refractivity contribution in [2.45, 2.75) is 95.4 Å². The molecular formula is C33H45N3O6. The number of anilines is 1. The number of hydroxylamine groups is 1. The van der Waals surface area contributed by atoms with Crippen molar-refractivity contribution in [2.75, 3.05) is 18.4 Å². The summed E-state index contributed by atoms with van der Waals surface area (Å²) >= 11 is 0. The lowest BCUT2D eigenvalue weighted by atomic mass is 9.99. The summed E-state index contributed by atoms with van der Waals surface area (Å²) in [5.41, 5.74) is 5.12. The van der Waals surface area contributed by atoms with Crippen LogP contribution in [-0.2, 0) is 25.7 Å². The van der Waals surface area contributed by atoms with E-state index in [1.807, 2.05) is 54.6 Å². The van der Waals surface area contributed by atoms with Gasteiger partial charge in [-0.25, -0.2) is 5.48 Å². The molecule has 42 heavy (non-hydrogen) atoms. The van der Waals surface area contributed by atoms with Crippen molar-refractivity contribution in [2.24, 2.45) is 0 Å². The molecule has 1 saturated heterocycles. The number of nitrogens with zero attached hydrogens (tertiary/aromatic N) is 1. The lowest BCUT2D eigenvalue weighted by Crippen LogP contribution is -2.43. The summed E-state index contributed by atoms with van der Waals surface area (Å²) in [4.78, 5) is 26.0. The standard InChI is InChI=1S/C33H45N3O6/c1-2-20-36(28-8-6-7-9-28)22-29-21-30(25-14-12-24(23-37)13-15-25)42-33(41-29)26-16-18-27(19-17-26)34-31(38)10-4-3-5-11-32(39)35-40/h2,12-19,28-30,33,37,40H,1,3-11,20-23H2,(H,34,38)(H,35,39)/t29-,30+,33+/m1/s1. The zero-order chi connectivity index (χ0) is 29.7. The molecule has 2 aromatic rings. The van der Waals surface area contributed by atoms with Crippen molar-refractivity contribution < 1.29 is 29.4 Å². The molecule has 0 radical (unpaired) electrons. The summed E-state index contributed by atoms with van der Waals surface area (Å²) in [6.07, 6.45) is 9.53. The molecule has 1 aliphatic heterocycles. The van der Waals surface area contributed by atoms with Gasteiger partial charge in [0.15, 0.2) is 6.29 Å². The number of nitrogens with one attached hydrogen (secondary N) is 2. The molecule has 9 heteroatoms. The van der Waals surface area contributed by atoms with Gasteiger partial charge in [-0.2, -0.15) is 0 Å². The van der Waals surface area contributed by atoms with Gasteiger partial charge in [0.2, 0.25) is 11.8 Å². The smallest absolute Gasteiger partial charge is 0.243 e. The van der Waals surface area contributed by atoms with Crippen molar-refractivity contribution in [3.8, 4) is 0 Å². The Morgan fingerprint density at radius 2 is 1.60 bits per heavy atom. The quantitative estimate of drug-likeness (QED) is 0.0945. The average molecular weight is 580 g/mol. The molecule has 3 atom stereocenters. The minimum absolute atomic E-state index is 0.00427. The zero-order valence-corrected chi connectivity index (χ0v) is 24.4. The van der Waals surface area contributed by atoms with E-state index in [9.17, 15) is 14.7 Å². The second-order valence-electron chi connectivity index (χ2n) is 11.3. The highest BCUT2D eigenvalue weighted by atomic mass is 16.7. The fraction of sp³-hybridized carbons (Fsp3) is 0.515. The lowest BCUT2D eigenvalue weighted by Gasteiger charge is -2.39. The molecule has 2 aliphatic rings. The molecule has 9 nitrogen and oxygen atoms in total. The van der Waals surface area contributed by atoms with Gasteiger partial charge in [-0.1, -0.05) is 61.7 Å². The van der Waals surface area contributed by atoms with Crippen LogP contribution in [0.1, 0.15) is 93.3 Å². The van der Waals surface area contributed by atoms with Crippen LogP contribution in [-0.4, -0.2) is 52.3 Å². The largest absolute Gasteiger partial charge is 0.392 e. The van der Waals surface area contributed by atoms with Gasteiger partial charge >= 0.3 is 0 Å². The summed E-state index contributed by atoms with van der Waals surface area (Å²) in [5.74, 6) is -0.495. The second-order valence-corrected chi connectivity index (χ2v) is 11.3. The van der Waals surface area contributed by atoms with Gasteiger partial charge in [0.1, 0.15) is 0 Å². The molecule has 1 heterocycles. The van der Waals surface area contributed by atoms with E-state index in [1.165, 1.54) is 25.7 Å². The molecule has 228 valence electrons. The van der Waals surface area contributed by atoms with Gasteiger partial charge < -0.3 is 19.9 Å². The number of aliphatic hydroxyl groups excluding tert-OH is 1. The first-order chi connectivity index (χ1) is 20.5. The van der Waals surface area contributed by atoms with Gasteiger partial charge in [0.25, 0.3) is 0 Å². The average Bonchev–Trinajstić information content (AvgIpc) is 3.56. The molecule has 0 aromatic heterocycles. The van der Waals surface area contributed by atoms with Crippen LogP contribution in [0, 0.1) is 0 Å². The topological polar surface area (TPSA) is 120 Å². The van der Waals surface area contributed by atoms with E-state index in [0.717, 1.165) is 42.6 Å². The Bertz CT molecular complexity index is 1130. The Kier molecular flexibility index (Phi) is 12.5. The molecule has 2 fully saturated rings. The predicted octanol–water partition coefficient (Wildman–Crippen LogP) is 5.55. The number of ether oxygens (including phenoxy) is 2. The first-order valence-corrected chi connectivity index (χ1v) is 15.2. The molecule has 1 aliphatic carbocycles. The highest BCUT2D eigenvalue weighted by Gasteiger charge is 2.34. The van der Waals surface area contributed by atoms with Crippen molar-refractivity contribution >= 4 is 17.5 Å². The fourth-order valence-electron chi connectivity index (χ4n) is 5.85. The maximum Gasteiger partial charge on any atom is 0.243 e. The molecule has 4 N–H and O–H groups in total. The minimum atomic E-state index is -0.554. The number of hydrogen-bond acceptors (Lipinski definition) is 7. The van der Waals surface area contributed by atoms with Crippen molar-refractivity contribution in [1.82, 2.24) is 10.4 Å². The number of amides is 2. The highest BCUT2D eigenvalue weighted by molar-refractivity contribution is 5.90. The Hall–Kier alpha value is -3.08. The molecule has 0 spiro atoms. The van der Waals surface area contributed by atoms with Crippen molar-refractivity contribution in [3.63, 3.8) is 0 Å². The Balaban J connectivity index is 1.39. The normalized spacial score (nSPS) is 20.9. The number of unbranched alkanes of at least 4 members (excludes halogenated alkanes) is 2. The van der Waals surface area contributed by atoms with Crippen molar-refractivity contribution in [3.05, 3.63) is 77.9 Å². The van der Waals surface area contributed by atoms with Crippen LogP contribution in [0.4, 0.5) is 5.69 Å². The predicted molar refractivity (Wildman–Crippen MR) is 161 cm³/mol. The maximum atomic E-state index is 12.4. The van der Waals surface area contributed by atoms with E-state index in [0.29, 0.717) is 31.0 Å². The van der Waals surface area contributed by atoms with Gasteiger partial charge in [-0.15, -0.1) is 6.58 Å². The number of rotatable bonds is 15. The monoisotopic (exact) mass is 579 g/mol. The van der Waals surface area contributed by atoms with Crippen LogP contribution in [0.2, 0.25) is 0 Å². The summed E-state index contributed by atoms with van der Waals surface area (Å²) in [7, 11) is 0. The Morgan fingerprint density at radius 3 is 2.24 bits per heavy atom. The fourth-order valence-corrected chi connectivity index (χ4v) is 5.85. The van der Waals surface area contributed by atoms with Crippen LogP contribution in [0.15, 0.2) is 61.2 Å². The first-order valence-electron chi connectivity index (χ1n) is 15.2. The molecule has 2 aromatic carbocycles. The van der Waals surface area contributed by atoms with Crippen LogP contribution in [0.3, 0.4) is 0 Å². The van der Waals surface area contributed by atoms with E-state index in [2.05, 4.69) is 16.8 Å². The van der Waals surface area contributed by atoms with E-state index in [4.69, 9.17) is 14.7 Å². The van der Waals surface area contributed by atoms with Crippen molar-refractivity contribution in [1.29, 1.82) is 0 Å². The lowest BCUT2D eigenvalue weighted by molar-refractivity contribution is -0.253. The van der Waals surface area contributed by atoms with Crippen LogP contribution in [0.25, 0.3) is 0 Å². The third-order valence-electron chi connectivity index (χ3n) is 8.16. The Morgan fingerprint density at radius 1 is 0.929 bits per heavy atom. The number of carbonyl (C=O) groups is 2.